The van der Waals surface area contributed by atoms with Crippen LogP contribution in [0.1, 0.15) is 34.3 Å². The zero-order chi connectivity index (χ0) is 26.9. The Morgan fingerprint density at radius 2 is 1.85 bits per heavy atom. The molecule has 4 aromatic rings. The first-order valence-corrected chi connectivity index (χ1v) is 12.9. The summed E-state index contributed by atoms with van der Waals surface area (Å²) in [5.74, 6) is 0.153. The maximum absolute atomic E-state index is 13.8. The number of urea groups is 1. The normalized spacial score (nSPS) is 15.8. The molecule has 1 N–H and O–H groups in total. The minimum absolute atomic E-state index is 0.0813. The van der Waals surface area contributed by atoms with Crippen molar-refractivity contribution in [3.8, 4) is 6.07 Å². The summed E-state index contributed by atoms with van der Waals surface area (Å²) in [4.78, 5) is 39.8. The molecule has 39 heavy (non-hydrogen) atoms. The first-order valence-electron chi connectivity index (χ1n) is 12.9. The van der Waals surface area contributed by atoms with E-state index in [1.54, 1.807) is 41.3 Å². The van der Waals surface area contributed by atoms with Crippen LogP contribution >= 0.6 is 0 Å². The number of aromatic nitrogens is 2. The first-order chi connectivity index (χ1) is 19.0. The molecule has 0 bridgehead atoms. The van der Waals surface area contributed by atoms with Crippen LogP contribution < -0.4 is 9.80 Å². The number of benzene rings is 3. The molecule has 1 fully saturated rings. The van der Waals surface area contributed by atoms with E-state index in [4.69, 9.17) is 0 Å². The molecule has 0 aliphatic carbocycles. The average molecular weight is 519 g/mol. The molecular formula is C30H26N6O3. The van der Waals surface area contributed by atoms with Crippen molar-refractivity contribution in [2.45, 2.75) is 19.4 Å². The number of nitrogens with zero attached hydrogens (tertiary/aromatic N) is 6. The number of amides is 2. The Kier molecular flexibility index (Phi) is 6.29. The van der Waals surface area contributed by atoms with Crippen molar-refractivity contribution in [3.63, 3.8) is 0 Å². The Balaban J connectivity index is 1.19. The highest BCUT2D eigenvalue weighted by Crippen LogP contribution is 2.36. The predicted molar refractivity (Wildman–Crippen MR) is 147 cm³/mol. The number of carboxylic acids is 1. The van der Waals surface area contributed by atoms with Crippen molar-refractivity contribution in [3.05, 3.63) is 89.7 Å². The second kappa shape index (κ2) is 10.1. The number of anilines is 3. The Morgan fingerprint density at radius 3 is 2.64 bits per heavy atom. The van der Waals surface area contributed by atoms with Crippen LogP contribution in [-0.2, 0) is 6.54 Å². The molecular weight excluding hydrogens is 492 g/mol. The molecule has 3 heterocycles. The van der Waals surface area contributed by atoms with Crippen LogP contribution in [0.4, 0.5) is 22.0 Å². The predicted octanol–water partition coefficient (Wildman–Crippen LogP) is 5.19. The maximum atomic E-state index is 13.8. The van der Waals surface area contributed by atoms with Crippen LogP contribution in [-0.4, -0.2) is 51.6 Å². The third-order valence-electron chi connectivity index (χ3n) is 7.54. The SMILES string of the molecule is N#Cc1cccc(N2C(=O)N(CC3CCN(c4ncnc5cc(C(=O)O)ccc45)CC3)Cc3ccccc32)c1. The van der Waals surface area contributed by atoms with Gasteiger partial charge >= 0.3 is 12.0 Å². The molecule has 2 aliphatic heterocycles. The Morgan fingerprint density at radius 1 is 1.03 bits per heavy atom. The molecule has 2 amide bonds. The van der Waals surface area contributed by atoms with Gasteiger partial charge in [0.15, 0.2) is 0 Å². The van der Waals surface area contributed by atoms with E-state index in [-0.39, 0.29) is 11.6 Å². The van der Waals surface area contributed by atoms with E-state index in [0.29, 0.717) is 35.8 Å². The molecule has 3 aromatic carbocycles. The van der Waals surface area contributed by atoms with Gasteiger partial charge in [0.05, 0.1) is 34.1 Å². The highest BCUT2D eigenvalue weighted by atomic mass is 16.4. The fourth-order valence-electron chi connectivity index (χ4n) is 5.55. The second-order valence-corrected chi connectivity index (χ2v) is 9.95. The van der Waals surface area contributed by atoms with E-state index >= 15 is 0 Å². The Bertz CT molecular complexity index is 1620. The lowest BCUT2D eigenvalue weighted by molar-refractivity contribution is 0.0697. The van der Waals surface area contributed by atoms with Crippen LogP contribution in [0.3, 0.4) is 0 Å². The molecule has 1 aromatic heterocycles. The van der Waals surface area contributed by atoms with Crippen molar-refractivity contribution in [1.29, 1.82) is 5.26 Å². The van der Waals surface area contributed by atoms with Gasteiger partial charge in [-0.05, 0) is 66.8 Å². The average Bonchev–Trinajstić information content (AvgIpc) is 2.97. The molecule has 2 aliphatic rings. The summed E-state index contributed by atoms with van der Waals surface area (Å²) in [7, 11) is 0. The van der Waals surface area contributed by atoms with Crippen molar-refractivity contribution < 1.29 is 14.7 Å². The summed E-state index contributed by atoms with van der Waals surface area (Å²) in [5, 5.41) is 19.5. The number of aromatic carboxylic acids is 1. The fraction of sp³-hybridized carbons (Fsp3) is 0.233. The third kappa shape index (κ3) is 4.61. The van der Waals surface area contributed by atoms with Gasteiger partial charge < -0.3 is 14.9 Å². The lowest BCUT2D eigenvalue weighted by Gasteiger charge is -2.40. The number of hydrogen-bond donors (Lipinski definition) is 1. The quantitative estimate of drug-likeness (QED) is 0.387. The van der Waals surface area contributed by atoms with Crippen LogP contribution in [0.5, 0.6) is 0 Å². The molecule has 0 radical (unpaired) electrons. The molecule has 0 saturated carbocycles. The monoisotopic (exact) mass is 518 g/mol. The Hall–Kier alpha value is -4.97. The van der Waals surface area contributed by atoms with E-state index < -0.39 is 5.97 Å². The summed E-state index contributed by atoms with van der Waals surface area (Å²) in [5.41, 5.74) is 3.94. The van der Waals surface area contributed by atoms with Crippen molar-refractivity contribution in [2.75, 3.05) is 29.4 Å². The van der Waals surface area contributed by atoms with Gasteiger partial charge in [-0.1, -0.05) is 24.3 Å². The zero-order valence-corrected chi connectivity index (χ0v) is 21.2. The van der Waals surface area contributed by atoms with Crippen LogP contribution in [0, 0.1) is 17.2 Å². The smallest absolute Gasteiger partial charge is 0.335 e. The number of carbonyl (C=O) groups excluding carboxylic acids is 1. The molecule has 0 atom stereocenters. The van der Waals surface area contributed by atoms with Gasteiger partial charge in [0.2, 0.25) is 0 Å². The number of carbonyl (C=O) groups is 2. The van der Waals surface area contributed by atoms with E-state index in [1.807, 2.05) is 29.2 Å². The molecule has 9 nitrogen and oxygen atoms in total. The third-order valence-corrected chi connectivity index (χ3v) is 7.54. The van der Waals surface area contributed by atoms with E-state index in [9.17, 15) is 20.0 Å². The fourth-order valence-corrected chi connectivity index (χ4v) is 5.55. The Labute approximate surface area is 225 Å². The lowest BCUT2D eigenvalue weighted by Crippen LogP contribution is -2.48. The second-order valence-electron chi connectivity index (χ2n) is 9.95. The minimum Gasteiger partial charge on any atom is -0.478 e. The van der Waals surface area contributed by atoms with Gasteiger partial charge in [-0.3, -0.25) is 4.90 Å². The summed E-state index contributed by atoms with van der Waals surface area (Å²) in [6, 6.07) is 22.1. The van der Waals surface area contributed by atoms with Gasteiger partial charge in [0.1, 0.15) is 12.1 Å². The number of carboxylic acid groups (broad SMARTS) is 1. The lowest BCUT2D eigenvalue weighted by atomic mass is 9.95. The van der Waals surface area contributed by atoms with Gasteiger partial charge in [-0.15, -0.1) is 0 Å². The summed E-state index contributed by atoms with van der Waals surface area (Å²) < 4.78 is 0. The summed E-state index contributed by atoms with van der Waals surface area (Å²) in [6.45, 7) is 2.75. The molecule has 194 valence electrons. The van der Waals surface area contributed by atoms with Gasteiger partial charge in [0.25, 0.3) is 0 Å². The number of para-hydroxylation sites is 1. The summed E-state index contributed by atoms with van der Waals surface area (Å²) >= 11 is 0. The molecule has 0 unspecified atom stereocenters. The standard InChI is InChI=1S/C30H26N6O3/c31-16-21-4-3-6-24(14-21)36-27-7-2-1-5-23(27)18-35(30(36)39)17-20-10-12-34(13-11-20)28-25-9-8-22(29(37)38)15-26(25)32-19-33-28/h1-9,14-15,19-20H,10-13,17-18H2,(H,37,38). The molecule has 0 spiro atoms. The van der Waals surface area contributed by atoms with Gasteiger partial charge in [0, 0.05) is 31.6 Å². The van der Waals surface area contributed by atoms with Crippen molar-refractivity contribution >= 4 is 40.1 Å². The van der Waals surface area contributed by atoms with Crippen molar-refractivity contribution in [2.24, 2.45) is 5.92 Å². The molecule has 6 rings (SSSR count). The topological polar surface area (TPSA) is 114 Å². The van der Waals surface area contributed by atoms with Crippen molar-refractivity contribution in [1.82, 2.24) is 14.9 Å². The van der Waals surface area contributed by atoms with Gasteiger partial charge in [-0.25, -0.2) is 19.6 Å². The number of fused-ring (bicyclic) bond motifs is 2. The van der Waals surface area contributed by atoms with E-state index in [0.717, 1.165) is 48.4 Å². The largest absolute Gasteiger partial charge is 0.478 e. The van der Waals surface area contributed by atoms with Crippen LogP contribution in [0.25, 0.3) is 10.9 Å². The zero-order valence-electron chi connectivity index (χ0n) is 21.2. The number of nitriles is 1. The van der Waals surface area contributed by atoms with Crippen LogP contribution in [0.2, 0.25) is 0 Å². The highest BCUT2D eigenvalue weighted by Gasteiger charge is 2.33. The number of piperidine rings is 1. The highest BCUT2D eigenvalue weighted by molar-refractivity contribution is 6.02. The number of hydrogen-bond acceptors (Lipinski definition) is 6. The van der Waals surface area contributed by atoms with Crippen LogP contribution in [0.15, 0.2) is 73.1 Å². The van der Waals surface area contributed by atoms with E-state index in [1.165, 1.54) is 6.33 Å². The number of rotatable bonds is 5. The first kappa shape index (κ1) is 24.4. The molecule has 1 saturated heterocycles. The summed E-state index contributed by atoms with van der Waals surface area (Å²) in [6.07, 6.45) is 3.28. The maximum Gasteiger partial charge on any atom is 0.335 e. The van der Waals surface area contributed by atoms with Gasteiger partial charge in [-0.2, -0.15) is 5.26 Å². The minimum atomic E-state index is -0.982. The molecule has 9 heteroatoms. The van der Waals surface area contributed by atoms with E-state index in [2.05, 4.69) is 27.0 Å².